The number of pyridine rings is 1. The molecule has 0 spiro atoms. The molecule has 0 bridgehead atoms. The lowest BCUT2D eigenvalue weighted by Gasteiger charge is -2.17. The minimum absolute atomic E-state index is 0. The van der Waals surface area contributed by atoms with Crippen LogP contribution in [0.15, 0.2) is 29.4 Å². The summed E-state index contributed by atoms with van der Waals surface area (Å²) in [7, 11) is 1.82. The molecule has 0 amide bonds. The predicted octanol–water partition coefficient (Wildman–Crippen LogP) is 2.55. The molecule has 20 heavy (non-hydrogen) atoms. The fourth-order valence-corrected chi connectivity index (χ4v) is 2.74. The number of hydrogen-bond donors (Lipinski definition) is 2. The summed E-state index contributed by atoms with van der Waals surface area (Å²) >= 11 is 0. The van der Waals surface area contributed by atoms with Crippen molar-refractivity contribution in [2.24, 2.45) is 16.3 Å². The Hall–Kier alpha value is -0.850. The molecule has 0 atom stereocenters. The summed E-state index contributed by atoms with van der Waals surface area (Å²) in [5.41, 5.74) is 1.64. The van der Waals surface area contributed by atoms with Crippen LogP contribution in [0.5, 0.6) is 0 Å². The van der Waals surface area contributed by atoms with Crippen LogP contribution in [0.1, 0.15) is 31.4 Å². The molecule has 0 saturated heterocycles. The van der Waals surface area contributed by atoms with Crippen molar-refractivity contribution in [1.29, 1.82) is 0 Å². The van der Waals surface area contributed by atoms with Gasteiger partial charge in [0.2, 0.25) is 0 Å². The Morgan fingerprint density at radius 3 is 2.70 bits per heavy atom. The molecule has 0 aliphatic heterocycles. The Kier molecular flexibility index (Phi) is 5.23. The summed E-state index contributed by atoms with van der Waals surface area (Å²) in [5.74, 6) is 1.87. The number of rotatable bonds is 5. The summed E-state index contributed by atoms with van der Waals surface area (Å²) in [6.45, 7) is 1.79. The molecular weight excluding hydrogens is 363 g/mol. The highest BCUT2D eigenvalue weighted by atomic mass is 127. The van der Waals surface area contributed by atoms with Crippen molar-refractivity contribution in [3.8, 4) is 0 Å². The number of halogens is 1. The molecule has 2 N–H and O–H groups in total. The van der Waals surface area contributed by atoms with Gasteiger partial charge in [0.05, 0.1) is 12.2 Å². The number of aliphatic imine (C=N–C) groups is 1. The first-order valence-corrected chi connectivity index (χ1v) is 7.17. The van der Waals surface area contributed by atoms with Crippen LogP contribution in [0, 0.1) is 11.3 Å². The number of guanidine groups is 1. The third kappa shape index (κ3) is 3.84. The molecule has 2 aliphatic carbocycles. The second-order valence-electron chi connectivity index (χ2n) is 5.74. The minimum Gasteiger partial charge on any atom is -0.356 e. The Labute approximate surface area is 137 Å². The Bertz CT molecular complexity index is 452. The van der Waals surface area contributed by atoms with Gasteiger partial charge in [-0.15, -0.1) is 24.0 Å². The standard InChI is InChI=1S/C15H22N4.HI/c1-16-14(18-10-13-4-2-3-9-17-13)19-11-15(7-8-15)12-5-6-12;/h2-4,9,12H,5-8,10-11H2,1H3,(H2,16,18,19);1H. The quantitative estimate of drug-likeness (QED) is 0.465. The van der Waals surface area contributed by atoms with Gasteiger partial charge in [-0.05, 0) is 49.1 Å². The maximum absolute atomic E-state index is 4.30. The summed E-state index contributed by atoms with van der Waals surface area (Å²) in [6, 6.07) is 5.96. The van der Waals surface area contributed by atoms with Crippen LogP contribution in [-0.2, 0) is 6.54 Å². The molecular formula is C15H23IN4. The Morgan fingerprint density at radius 1 is 1.35 bits per heavy atom. The van der Waals surface area contributed by atoms with E-state index in [2.05, 4.69) is 20.6 Å². The average molecular weight is 386 g/mol. The summed E-state index contributed by atoms with van der Waals surface area (Å²) in [6.07, 6.45) is 7.46. The van der Waals surface area contributed by atoms with Crippen LogP contribution < -0.4 is 10.6 Å². The molecule has 2 fully saturated rings. The van der Waals surface area contributed by atoms with Crippen LogP contribution in [-0.4, -0.2) is 24.5 Å². The van der Waals surface area contributed by atoms with Gasteiger partial charge in [0, 0.05) is 19.8 Å². The fraction of sp³-hybridized carbons (Fsp3) is 0.600. The first-order chi connectivity index (χ1) is 9.32. The van der Waals surface area contributed by atoms with Crippen molar-refractivity contribution < 1.29 is 0 Å². The van der Waals surface area contributed by atoms with E-state index in [1.54, 1.807) is 0 Å². The van der Waals surface area contributed by atoms with Gasteiger partial charge in [-0.2, -0.15) is 0 Å². The third-order valence-electron chi connectivity index (χ3n) is 4.33. The largest absolute Gasteiger partial charge is 0.356 e. The molecule has 5 heteroatoms. The topological polar surface area (TPSA) is 49.3 Å². The molecule has 1 aromatic heterocycles. The number of nitrogens with one attached hydrogen (secondary N) is 2. The highest BCUT2D eigenvalue weighted by molar-refractivity contribution is 14.0. The van der Waals surface area contributed by atoms with Crippen molar-refractivity contribution in [3.05, 3.63) is 30.1 Å². The smallest absolute Gasteiger partial charge is 0.191 e. The maximum atomic E-state index is 4.30. The van der Waals surface area contributed by atoms with Gasteiger partial charge in [0.15, 0.2) is 5.96 Å². The monoisotopic (exact) mass is 386 g/mol. The lowest BCUT2D eigenvalue weighted by Crippen LogP contribution is -2.40. The molecule has 1 aromatic rings. The second kappa shape index (κ2) is 6.74. The lowest BCUT2D eigenvalue weighted by molar-refractivity contribution is 0.431. The van der Waals surface area contributed by atoms with E-state index in [0.717, 1.165) is 30.7 Å². The summed E-state index contributed by atoms with van der Waals surface area (Å²) < 4.78 is 0. The van der Waals surface area contributed by atoms with Gasteiger partial charge >= 0.3 is 0 Å². The number of aromatic nitrogens is 1. The fourth-order valence-electron chi connectivity index (χ4n) is 2.74. The number of nitrogens with zero attached hydrogens (tertiary/aromatic N) is 2. The van der Waals surface area contributed by atoms with Gasteiger partial charge in [0.1, 0.15) is 0 Å². The predicted molar refractivity (Wildman–Crippen MR) is 92.2 cm³/mol. The summed E-state index contributed by atoms with van der Waals surface area (Å²) in [5, 5.41) is 6.80. The molecule has 2 aliphatic rings. The molecule has 4 nitrogen and oxygen atoms in total. The van der Waals surface area contributed by atoms with E-state index in [9.17, 15) is 0 Å². The average Bonchev–Trinajstić information content (AvgIpc) is 3.32. The highest BCUT2D eigenvalue weighted by Crippen LogP contribution is 2.60. The van der Waals surface area contributed by atoms with Crippen molar-refractivity contribution in [2.75, 3.05) is 13.6 Å². The molecule has 1 heterocycles. The van der Waals surface area contributed by atoms with E-state index >= 15 is 0 Å². The zero-order chi connectivity index (χ0) is 13.1. The van der Waals surface area contributed by atoms with Crippen LogP contribution in [0.25, 0.3) is 0 Å². The zero-order valence-electron chi connectivity index (χ0n) is 11.9. The normalized spacial score (nSPS) is 19.9. The highest BCUT2D eigenvalue weighted by Gasteiger charge is 2.53. The van der Waals surface area contributed by atoms with Crippen LogP contribution in [0.3, 0.4) is 0 Å². The Balaban J connectivity index is 0.00000147. The molecule has 3 rings (SSSR count). The van der Waals surface area contributed by atoms with E-state index in [4.69, 9.17) is 0 Å². The van der Waals surface area contributed by atoms with E-state index in [1.807, 2.05) is 31.4 Å². The molecule has 110 valence electrons. The van der Waals surface area contributed by atoms with Gasteiger partial charge in [-0.1, -0.05) is 6.07 Å². The van der Waals surface area contributed by atoms with E-state index in [0.29, 0.717) is 5.41 Å². The van der Waals surface area contributed by atoms with Crippen LogP contribution >= 0.6 is 24.0 Å². The molecule has 2 saturated carbocycles. The van der Waals surface area contributed by atoms with Gasteiger partial charge in [0.25, 0.3) is 0 Å². The molecule has 0 unspecified atom stereocenters. The third-order valence-corrected chi connectivity index (χ3v) is 4.33. The van der Waals surface area contributed by atoms with Crippen molar-refractivity contribution in [3.63, 3.8) is 0 Å². The SMILES string of the molecule is CN=C(NCc1ccccn1)NCC1(C2CC2)CC1.I. The molecule has 0 aromatic carbocycles. The number of hydrogen-bond acceptors (Lipinski definition) is 2. The van der Waals surface area contributed by atoms with Crippen molar-refractivity contribution >= 4 is 29.9 Å². The lowest BCUT2D eigenvalue weighted by atomic mass is 10.0. The van der Waals surface area contributed by atoms with Crippen LogP contribution in [0.2, 0.25) is 0 Å². The van der Waals surface area contributed by atoms with Gasteiger partial charge in [-0.3, -0.25) is 9.98 Å². The maximum Gasteiger partial charge on any atom is 0.191 e. The van der Waals surface area contributed by atoms with E-state index in [-0.39, 0.29) is 24.0 Å². The summed E-state index contributed by atoms with van der Waals surface area (Å²) in [4.78, 5) is 8.58. The van der Waals surface area contributed by atoms with Crippen molar-refractivity contribution in [2.45, 2.75) is 32.2 Å². The van der Waals surface area contributed by atoms with Gasteiger partial charge in [-0.25, -0.2) is 0 Å². The minimum atomic E-state index is 0. The van der Waals surface area contributed by atoms with Gasteiger partial charge < -0.3 is 10.6 Å². The zero-order valence-corrected chi connectivity index (χ0v) is 14.3. The molecule has 0 radical (unpaired) electrons. The van der Waals surface area contributed by atoms with E-state index < -0.39 is 0 Å². The Morgan fingerprint density at radius 2 is 2.15 bits per heavy atom. The first-order valence-electron chi connectivity index (χ1n) is 7.17. The second-order valence-corrected chi connectivity index (χ2v) is 5.74. The van der Waals surface area contributed by atoms with Crippen molar-refractivity contribution in [1.82, 2.24) is 15.6 Å². The van der Waals surface area contributed by atoms with Crippen LogP contribution in [0.4, 0.5) is 0 Å². The first kappa shape index (κ1) is 15.5. The van der Waals surface area contributed by atoms with E-state index in [1.165, 1.54) is 25.7 Å².